The second kappa shape index (κ2) is 60.8. The van der Waals surface area contributed by atoms with Crippen LogP contribution in [0.15, 0.2) is 134 Å². The van der Waals surface area contributed by atoms with Gasteiger partial charge in [-0.05, 0) is 96.3 Å². The Morgan fingerprint density at radius 3 is 1.15 bits per heavy atom. The largest absolute Gasteiger partial charge is 0.394 e. The number of allylic oxidation sites excluding steroid dienone is 21. The van der Waals surface area contributed by atoms with Gasteiger partial charge in [-0.1, -0.05) is 289 Å². The summed E-state index contributed by atoms with van der Waals surface area (Å²) in [5, 5.41) is 87.4. The van der Waals surface area contributed by atoms with E-state index in [1.54, 1.807) is 6.08 Å². The zero-order valence-corrected chi connectivity index (χ0v) is 57.2. The van der Waals surface area contributed by atoms with Gasteiger partial charge in [0.25, 0.3) is 0 Å². The Morgan fingerprint density at radius 1 is 0.402 bits per heavy atom. The first kappa shape index (κ1) is 84.2. The first-order valence-electron chi connectivity index (χ1n) is 36.4. The van der Waals surface area contributed by atoms with E-state index in [9.17, 15) is 45.6 Å². The number of hydrogen-bond acceptors (Lipinski definition) is 13. The lowest BCUT2D eigenvalue weighted by molar-refractivity contribution is -0.359. The van der Waals surface area contributed by atoms with Gasteiger partial charge in [0.15, 0.2) is 12.6 Å². The van der Waals surface area contributed by atoms with E-state index >= 15 is 0 Å². The maximum Gasteiger partial charge on any atom is 0.220 e. The highest BCUT2D eigenvalue weighted by atomic mass is 16.7. The van der Waals surface area contributed by atoms with Crippen LogP contribution in [0.1, 0.15) is 258 Å². The molecule has 2 rings (SSSR count). The van der Waals surface area contributed by atoms with Crippen LogP contribution in [0, 0.1) is 0 Å². The van der Waals surface area contributed by atoms with Crippen molar-refractivity contribution in [1.82, 2.24) is 5.32 Å². The van der Waals surface area contributed by atoms with Gasteiger partial charge in [0.05, 0.1) is 32.0 Å². The second-order valence-electron chi connectivity index (χ2n) is 25.0. The number of nitrogens with one attached hydrogen (secondary N) is 1. The summed E-state index contributed by atoms with van der Waals surface area (Å²) in [7, 11) is 0. The number of aliphatic hydroxyl groups is 8. The minimum atomic E-state index is -1.79. The highest BCUT2D eigenvalue weighted by molar-refractivity contribution is 5.76. The molecule has 0 radical (unpaired) electrons. The molecule has 14 nitrogen and oxygen atoms in total. The smallest absolute Gasteiger partial charge is 0.220 e. The fourth-order valence-corrected chi connectivity index (χ4v) is 11.1. The molecular formula is C78H131NO13. The molecule has 2 aliphatic heterocycles. The third-order valence-electron chi connectivity index (χ3n) is 16.8. The highest BCUT2D eigenvalue weighted by Crippen LogP contribution is 2.30. The fourth-order valence-electron chi connectivity index (χ4n) is 11.1. The summed E-state index contributed by atoms with van der Waals surface area (Å²) < 4.78 is 22.8. The molecule has 2 aliphatic rings. The van der Waals surface area contributed by atoms with Gasteiger partial charge in [-0.15, -0.1) is 0 Å². The number of aliphatic hydroxyl groups excluding tert-OH is 8. The molecule has 14 heteroatoms. The predicted molar refractivity (Wildman–Crippen MR) is 378 cm³/mol. The zero-order chi connectivity index (χ0) is 66.6. The topological polar surface area (TPSA) is 228 Å². The van der Waals surface area contributed by atoms with Gasteiger partial charge in [-0.25, -0.2) is 0 Å². The molecule has 0 spiro atoms. The van der Waals surface area contributed by atoms with E-state index in [1.165, 1.54) is 122 Å². The van der Waals surface area contributed by atoms with Gasteiger partial charge in [0.1, 0.15) is 48.8 Å². The van der Waals surface area contributed by atoms with Crippen LogP contribution < -0.4 is 5.32 Å². The number of hydrogen-bond donors (Lipinski definition) is 9. The minimum Gasteiger partial charge on any atom is -0.394 e. The summed E-state index contributed by atoms with van der Waals surface area (Å²) in [4.78, 5) is 13.3. The van der Waals surface area contributed by atoms with Crippen LogP contribution in [0.4, 0.5) is 0 Å². The van der Waals surface area contributed by atoms with Crippen LogP contribution in [0.2, 0.25) is 0 Å². The molecule has 12 atom stereocenters. The minimum absolute atomic E-state index is 0.248. The van der Waals surface area contributed by atoms with Crippen LogP contribution in [-0.4, -0.2) is 140 Å². The monoisotopic (exact) mass is 1290 g/mol. The maximum atomic E-state index is 13.3. The molecule has 526 valence electrons. The number of rotatable bonds is 58. The molecule has 0 aromatic rings. The lowest BCUT2D eigenvalue weighted by atomic mass is 9.97. The highest BCUT2D eigenvalue weighted by Gasteiger charge is 2.51. The van der Waals surface area contributed by atoms with Gasteiger partial charge in [-0.3, -0.25) is 4.79 Å². The van der Waals surface area contributed by atoms with Crippen molar-refractivity contribution in [2.45, 2.75) is 331 Å². The molecule has 0 aromatic carbocycles. The lowest BCUT2D eigenvalue weighted by Crippen LogP contribution is -2.65. The normalized spacial score (nSPS) is 23.5. The van der Waals surface area contributed by atoms with E-state index in [4.69, 9.17) is 18.9 Å². The quantitative estimate of drug-likeness (QED) is 0.0204. The summed E-state index contributed by atoms with van der Waals surface area (Å²) >= 11 is 0. The van der Waals surface area contributed by atoms with E-state index < -0.39 is 86.8 Å². The van der Waals surface area contributed by atoms with Gasteiger partial charge in [0.2, 0.25) is 5.91 Å². The van der Waals surface area contributed by atoms with Gasteiger partial charge in [0, 0.05) is 6.42 Å². The molecule has 0 saturated carbocycles. The number of carbonyl (C=O) groups excluding carboxylic acids is 1. The summed E-state index contributed by atoms with van der Waals surface area (Å²) in [5.41, 5.74) is 0. The number of unbranched alkanes of at least 4 members (excludes halogenated alkanes) is 25. The molecule has 9 N–H and O–H groups in total. The molecule has 12 unspecified atom stereocenters. The van der Waals surface area contributed by atoms with Gasteiger partial charge < -0.3 is 65.1 Å². The molecule has 2 heterocycles. The van der Waals surface area contributed by atoms with Crippen molar-refractivity contribution < 1.29 is 64.6 Å². The maximum absolute atomic E-state index is 13.3. The van der Waals surface area contributed by atoms with Crippen molar-refractivity contribution in [2.75, 3.05) is 19.8 Å². The van der Waals surface area contributed by atoms with Crippen molar-refractivity contribution in [3.05, 3.63) is 134 Å². The van der Waals surface area contributed by atoms with Crippen LogP contribution in [0.3, 0.4) is 0 Å². The Balaban J connectivity index is 1.62. The van der Waals surface area contributed by atoms with Crippen LogP contribution in [0.5, 0.6) is 0 Å². The standard InChI is InChI=1S/C78H131NO13/c1-3-5-7-9-11-13-15-17-19-21-22-23-24-25-26-27-28-29-30-31-32-33-34-35-36-37-38-39-40-41-42-43-44-46-48-50-52-54-56-58-60-62-70(83)79-66(67(82)61-59-57-55-53-51-49-47-45-20-18-16-14-12-10-8-6-4-2)65-89-77-75(88)73(86)76(69(64-81)91-77)92-78-74(87)72(85)71(84)68(63-80)90-78/h5,7,11,13,17,19,22-23,25-26,28-29,31-32,34-35,37-38,40-41,59,61,66-69,71-78,80-82,84-88H,3-4,6,8-10,12,14-16,18,20-21,24,27,30,33,36,39,42-58,60,62-65H2,1-2H3,(H,79,83)/b7-5-,13-11-,19-17-,23-22-,26-25-,29-28-,32-31-,35-34-,38-37-,41-40-,61-59+. The summed E-state index contributed by atoms with van der Waals surface area (Å²) in [6.45, 7) is 2.69. The summed E-state index contributed by atoms with van der Waals surface area (Å²) in [6.07, 6.45) is 73.6. The lowest BCUT2D eigenvalue weighted by Gasteiger charge is -2.46. The van der Waals surface area contributed by atoms with E-state index in [-0.39, 0.29) is 18.9 Å². The first-order chi connectivity index (χ1) is 45.1. The van der Waals surface area contributed by atoms with Crippen LogP contribution >= 0.6 is 0 Å². The molecular weight excluding hydrogens is 1160 g/mol. The molecule has 2 fully saturated rings. The molecule has 0 bridgehead atoms. The Morgan fingerprint density at radius 2 is 0.750 bits per heavy atom. The van der Waals surface area contributed by atoms with E-state index in [0.29, 0.717) is 6.42 Å². The number of carbonyl (C=O) groups is 1. The third-order valence-corrected chi connectivity index (χ3v) is 16.8. The Kier molecular flexibility index (Phi) is 55.6. The Labute approximate surface area is 558 Å². The van der Waals surface area contributed by atoms with Crippen molar-refractivity contribution in [2.24, 2.45) is 0 Å². The average Bonchev–Trinajstić information content (AvgIpc) is 0.856. The third kappa shape index (κ3) is 44.0. The summed E-state index contributed by atoms with van der Waals surface area (Å²) in [5.74, 6) is -0.248. The summed E-state index contributed by atoms with van der Waals surface area (Å²) in [6, 6.07) is -0.926. The fraction of sp³-hybridized carbons (Fsp3) is 0.705. The molecule has 1 amide bonds. The van der Waals surface area contributed by atoms with Crippen molar-refractivity contribution in [1.29, 1.82) is 0 Å². The molecule has 0 aliphatic carbocycles. The molecule has 92 heavy (non-hydrogen) atoms. The van der Waals surface area contributed by atoms with Gasteiger partial charge in [-0.2, -0.15) is 0 Å². The van der Waals surface area contributed by atoms with Crippen molar-refractivity contribution in [3.63, 3.8) is 0 Å². The molecule has 2 saturated heterocycles. The number of ether oxygens (including phenoxy) is 4. The molecule has 0 aromatic heterocycles. The Bertz CT molecular complexity index is 2060. The van der Waals surface area contributed by atoms with Crippen molar-refractivity contribution in [3.8, 4) is 0 Å². The first-order valence-corrected chi connectivity index (χ1v) is 36.4. The number of amides is 1. The average molecular weight is 1290 g/mol. The zero-order valence-electron chi connectivity index (χ0n) is 57.2. The second-order valence-corrected chi connectivity index (χ2v) is 25.0. The SMILES string of the molecule is CC/C=C\C/C=C\C/C=C\C/C=C\C/C=C\C/C=C\C/C=C\C/C=C\C/C=C\C/C=C\CCCCCCCCCCCCC(=O)NC(COC1OC(CO)C(OC2OC(CO)C(O)C(O)C2O)C(O)C1O)C(O)/C=C/CCCCCCCCCCCCCCCCC. The predicted octanol–water partition coefficient (Wildman–Crippen LogP) is 15.5. The van der Waals surface area contributed by atoms with Crippen LogP contribution in [0.25, 0.3) is 0 Å². The van der Waals surface area contributed by atoms with E-state index in [1.807, 2.05) is 6.08 Å². The van der Waals surface area contributed by atoms with E-state index in [0.717, 1.165) is 109 Å². The van der Waals surface area contributed by atoms with E-state index in [2.05, 4.69) is 141 Å². The Hall–Kier alpha value is -3.87. The van der Waals surface area contributed by atoms with Crippen LogP contribution in [-0.2, 0) is 23.7 Å². The van der Waals surface area contributed by atoms with Crippen molar-refractivity contribution >= 4 is 5.91 Å². The van der Waals surface area contributed by atoms with Gasteiger partial charge >= 0.3 is 0 Å².